The molecular formula is C13H24N6O2. The second-order valence-electron chi connectivity index (χ2n) is 4.84. The molecule has 2 rings (SSSR count). The van der Waals surface area contributed by atoms with Crippen LogP contribution in [-0.4, -0.2) is 66.6 Å². The number of nitrogens with one attached hydrogen (secondary N) is 2. The highest BCUT2D eigenvalue weighted by molar-refractivity contribution is 5.43. The van der Waals surface area contributed by atoms with E-state index in [0.717, 1.165) is 38.9 Å². The number of nitrogens with zero attached hydrogens (tertiary/aromatic N) is 4. The lowest BCUT2D eigenvalue weighted by Crippen LogP contribution is -2.37. The van der Waals surface area contributed by atoms with Crippen LogP contribution in [0.2, 0.25) is 0 Å². The first kappa shape index (κ1) is 15.7. The van der Waals surface area contributed by atoms with Crippen LogP contribution in [0, 0.1) is 0 Å². The standard InChI is InChI=1S/C13H24N6O2/c1-14-11-16-12(15-5-3-2-4-8-20)18-13(17-11)19-6-9-21-10-7-19/h20H,2-10H2,1H3,(H2,14,15,16,17,18). The first-order valence-corrected chi connectivity index (χ1v) is 7.44. The van der Waals surface area contributed by atoms with E-state index in [1.807, 2.05) is 0 Å². The van der Waals surface area contributed by atoms with Crippen molar-refractivity contribution >= 4 is 17.8 Å². The van der Waals surface area contributed by atoms with Crippen molar-refractivity contribution in [1.82, 2.24) is 15.0 Å². The summed E-state index contributed by atoms with van der Waals surface area (Å²) < 4.78 is 5.35. The van der Waals surface area contributed by atoms with Crippen LogP contribution in [0.3, 0.4) is 0 Å². The van der Waals surface area contributed by atoms with E-state index in [9.17, 15) is 0 Å². The Kier molecular flexibility index (Phi) is 6.42. The van der Waals surface area contributed by atoms with Gasteiger partial charge in [-0.3, -0.25) is 0 Å². The summed E-state index contributed by atoms with van der Waals surface area (Å²) in [4.78, 5) is 15.3. The number of morpholine rings is 1. The fourth-order valence-electron chi connectivity index (χ4n) is 2.07. The highest BCUT2D eigenvalue weighted by Crippen LogP contribution is 2.14. The van der Waals surface area contributed by atoms with Gasteiger partial charge in [0.2, 0.25) is 17.8 Å². The van der Waals surface area contributed by atoms with Crippen molar-refractivity contribution in [2.75, 3.05) is 62.0 Å². The number of rotatable bonds is 8. The molecule has 0 saturated carbocycles. The Bertz CT molecular complexity index is 425. The third kappa shape index (κ3) is 4.98. The molecule has 1 aliphatic rings. The van der Waals surface area contributed by atoms with E-state index in [0.29, 0.717) is 31.1 Å². The predicted molar refractivity (Wildman–Crippen MR) is 81.8 cm³/mol. The van der Waals surface area contributed by atoms with Crippen LogP contribution in [0.15, 0.2) is 0 Å². The van der Waals surface area contributed by atoms with Crippen LogP contribution in [0.4, 0.5) is 17.8 Å². The second-order valence-corrected chi connectivity index (χ2v) is 4.84. The molecule has 1 aromatic rings. The number of unbranched alkanes of at least 4 members (excludes halogenated alkanes) is 2. The molecule has 0 spiro atoms. The van der Waals surface area contributed by atoms with E-state index in [-0.39, 0.29) is 6.61 Å². The Morgan fingerprint density at radius 3 is 2.57 bits per heavy atom. The van der Waals surface area contributed by atoms with E-state index >= 15 is 0 Å². The van der Waals surface area contributed by atoms with E-state index < -0.39 is 0 Å². The molecule has 21 heavy (non-hydrogen) atoms. The average molecular weight is 296 g/mol. The van der Waals surface area contributed by atoms with Gasteiger partial charge >= 0.3 is 0 Å². The van der Waals surface area contributed by atoms with Gasteiger partial charge < -0.3 is 25.4 Å². The summed E-state index contributed by atoms with van der Waals surface area (Å²) in [5, 5.41) is 14.9. The number of aliphatic hydroxyl groups excluding tert-OH is 1. The lowest BCUT2D eigenvalue weighted by atomic mass is 10.2. The lowest BCUT2D eigenvalue weighted by molar-refractivity contribution is 0.122. The Morgan fingerprint density at radius 2 is 1.86 bits per heavy atom. The summed E-state index contributed by atoms with van der Waals surface area (Å²) in [6, 6.07) is 0. The fourth-order valence-corrected chi connectivity index (χ4v) is 2.07. The molecule has 0 amide bonds. The summed E-state index contributed by atoms with van der Waals surface area (Å²) in [5.74, 6) is 1.82. The van der Waals surface area contributed by atoms with Gasteiger partial charge in [-0.2, -0.15) is 15.0 Å². The van der Waals surface area contributed by atoms with E-state index in [1.165, 1.54) is 0 Å². The molecular weight excluding hydrogens is 272 g/mol. The maximum Gasteiger partial charge on any atom is 0.232 e. The molecule has 8 heteroatoms. The van der Waals surface area contributed by atoms with E-state index in [2.05, 4.69) is 30.5 Å². The van der Waals surface area contributed by atoms with Crippen molar-refractivity contribution in [2.24, 2.45) is 0 Å². The Labute approximate surface area is 125 Å². The molecule has 0 atom stereocenters. The highest BCUT2D eigenvalue weighted by Gasteiger charge is 2.16. The van der Waals surface area contributed by atoms with Crippen LogP contribution in [-0.2, 0) is 4.74 Å². The molecule has 1 fully saturated rings. The summed E-state index contributed by atoms with van der Waals surface area (Å²) in [5.41, 5.74) is 0. The van der Waals surface area contributed by atoms with Crippen molar-refractivity contribution in [2.45, 2.75) is 19.3 Å². The third-order valence-electron chi connectivity index (χ3n) is 3.26. The van der Waals surface area contributed by atoms with Gasteiger partial charge in [0, 0.05) is 33.3 Å². The smallest absolute Gasteiger partial charge is 0.232 e. The van der Waals surface area contributed by atoms with E-state index in [1.54, 1.807) is 7.05 Å². The fraction of sp³-hybridized carbons (Fsp3) is 0.769. The first-order valence-electron chi connectivity index (χ1n) is 7.44. The van der Waals surface area contributed by atoms with Crippen molar-refractivity contribution in [3.63, 3.8) is 0 Å². The topological polar surface area (TPSA) is 95.4 Å². The molecule has 118 valence electrons. The SMILES string of the molecule is CNc1nc(NCCCCCO)nc(N2CCOCC2)n1. The zero-order valence-corrected chi connectivity index (χ0v) is 12.5. The van der Waals surface area contributed by atoms with Crippen LogP contribution in [0.1, 0.15) is 19.3 Å². The number of anilines is 3. The van der Waals surface area contributed by atoms with Crippen molar-refractivity contribution in [3.05, 3.63) is 0 Å². The zero-order chi connectivity index (χ0) is 14.9. The summed E-state index contributed by atoms with van der Waals surface area (Å²) >= 11 is 0. The molecule has 1 saturated heterocycles. The number of aliphatic hydroxyl groups is 1. The van der Waals surface area contributed by atoms with Crippen LogP contribution < -0.4 is 15.5 Å². The summed E-state index contributed by atoms with van der Waals surface area (Å²) in [6.45, 7) is 4.02. The monoisotopic (exact) mass is 296 g/mol. The minimum absolute atomic E-state index is 0.247. The summed E-state index contributed by atoms with van der Waals surface area (Å²) in [6.07, 6.45) is 2.80. The number of aromatic nitrogens is 3. The van der Waals surface area contributed by atoms with Gasteiger partial charge in [0.15, 0.2) is 0 Å². The van der Waals surface area contributed by atoms with Crippen LogP contribution in [0.25, 0.3) is 0 Å². The Hall–Kier alpha value is -1.67. The molecule has 0 bridgehead atoms. The van der Waals surface area contributed by atoms with Gasteiger partial charge in [-0.05, 0) is 19.3 Å². The first-order chi connectivity index (χ1) is 10.3. The van der Waals surface area contributed by atoms with E-state index in [4.69, 9.17) is 9.84 Å². The van der Waals surface area contributed by atoms with Gasteiger partial charge in [-0.1, -0.05) is 0 Å². The summed E-state index contributed by atoms with van der Waals surface area (Å²) in [7, 11) is 1.80. The molecule has 0 aromatic carbocycles. The van der Waals surface area contributed by atoms with Crippen LogP contribution in [0.5, 0.6) is 0 Å². The Balaban J connectivity index is 1.96. The molecule has 3 N–H and O–H groups in total. The van der Waals surface area contributed by atoms with Gasteiger partial charge in [0.25, 0.3) is 0 Å². The normalized spacial score (nSPS) is 15.0. The Morgan fingerprint density at radius 1 is 1.10 bits per heavy atom. The maximum atomic E-state index is 8.75. The van der Waals surface area contributed by atoms with Crippen molar-refractivity contribution in [1.29, 1.82) is 0 Å². The van der Waals surface area contributed by atoms with Gasteiger partial charge in [-0.15, -0.1) is 0 Å². The molecule has 0 unspecified atom stereocenters. The minimum Gasteiger partial charge on any atom is -0.396 e. The lowest BCUT2D eigenvalue weighted by Gasteiger charge is -2.27. The van der Waals surface area contributed by atoms with Gasteiger partial charge in [0.1, 0.15) is 0 Å². The molecule has 0 aliphatic carbocycles. The largest absolute Gasteiger partial charge is 0.396 e. The van der Waals surface area contributed by atoms with Gasteiger partial charge in [0.05, 0.1) is 13.2 Å². The zero-order valence-electron chi connectivity index (χ0n) is 12.5. The molecule has 8 nitrogen and oxygen atoms in total. The number of ether oxygens (including phenoxy) is 1. The highest BCUT2D eigenvalue weighted by atomic mass is 16.5. The second kappa shape index (κ2) is 8.58. The number of hydrogen-bond acceptors (Lipinski definition) is 8. The van der Waals surface area contributed by atoms with Crippen molar-refractivity contribution < 1.29 is 9.84 Å². The quantitative estimate of drug-likeness (QED) is 0.591. The third-order valence-corrected chi connectivity index (χ3v) is 3.26. The maximum absolute atomic E-state index is 8.75. The predicted octanol–water partition coefficient (Wildman–Crippen LogP) is 0.324. The van der Waals surface area contributed by atoms with Crippen molar-refractivity contribution in [3.8, 4) is 0 Å². The van der Waals surface area contributed by atoms with Crippen LogP contribution >= 0.6 is 0 Å². The average Bonchev–Trinajstić information content (AvgIpc) is 2.55. The molecule has 2 heterocycles. The number of hydrogen-bond donors (Lipinski definition) is 3. The molecule has 1 aliphatic heterocycles. The molecule has 0 radical (unpaired) electrons. The minimum atomic E-state index is 0.247. The van der Waals surface area contributed by atoms with Gasteiger partial charge in [-0.25, -0.2) is 0 Å². The molecule has 1 aromatic heterocycles.